The Bertz CT molecular complexity index is 722. The van der Waals surface area contributed by atoms with E-state index in [-0.39, 0.29) is 5.91 Å². The van der Waals surface area contributed by atoms with Crippen molar-refractivity contribution in [3.05, 3.63) is 50.6 Å². The zero-order valence-electron chi connectivity index (χ0n) is 12.3. The molecule has 120 valence electrons. The van der Waals surface area contributed by atoms with Crippen molar-refractivity contribution in [2.75, 3.05) is 12.3 Å². The van der Waals surface area contributed by atoms with Crippen LogP contribution in [0.25, 0.3) is 0 Å². The summed E-state index contributed by atoms with van der Waals surface area (Å²) in [6.07, 6.45) is 1.62. The van der Waals surface area contributed by atoms with Crippen molar-refractivity contribution in [1.82, 2.24) is 20.5 Å². The summed E-state index contributed by atoms with van der Waals surface area (Å²) < 4.78 is 0. The number of carbonyl (C=O) groups excluding carboxylic acids is 1. The van der Waals surface area contributed by atoms with Gasteiger partial charge in [0.2, 0.25) is 11.1 Å². The first-order valence-electron chi connectivity index (χ1n) is 7.15. The third-order valence-electron chi connectivity index (χ3n) is 3.04. The maximum atomic E-state index is 11.8. The molecule has 0 atom stereocenters. The van der Waals surface area contributed by atoms with E-state index in [2.05, 4.69) is 32.6 Å². The number of thioether (sulfide) groups is 1. The number of H-pyrrole nitrogens is 1. The van der Waals surface area contributed by atoms with E-state index >= 15 is 0 Å². The Morgan fingerprint density at radius 2 is 2.00 bits per heavy atom. The largest absolute Gasteiger partial charge is 0.355 e. The van der Waals surface area contributed by atoms with Crippen LogP contribution in [0.1, 0.15) is 15.6 Å². The van der Waals surface area contributed by atoms with Gasteiger partial charge in [-0.2, -0.15) is 0 Å². The molecule has 3 aromatic heterocycles. The summed E-state index contributed by atoms with van der Waals surface area (Å²) in [6.45, 7) is 0.664. The van der Waals surface area contributed by atoms with Crippen LogP contribution >= 0.6 is 34.4 Å². The highest BCUT2D eigenvalue weighted by Crippen LogP contribution is 2.16. The molecule has 3 heterocycles. The van der Waals surface area contributed by atoms with E-state index in [1.807, 2.05) is 22.9 Å². The summed E-state index contributed by atoms with van der Waals surface area (Å²) in [7, 11) is 0. The molecular formula is C15H16N4OS3. The fourth-order valence-electron chi connectivity index (χ4n) is 1.96. The molecule has 23 heavy (non-hydrogen) atoms. The van der Waals surface area contributed by atoms with Crippen LogP contribution in [-0.2, 0) is 17.6 Å². The van der Waals surface area contributed by atoms with Crippen molar-refractivity contribution in [1.29, 1.82) is 0 Å². The maximum Gasteiger partial charge on any atom is 0.230 e. The first kappa shape index (κ1) is 16.2. The highest BCUT2D eigenvalue weighted by molar-refractivity contribution is 7.99. The number of hydrogen-bond donors (Lipinski definition) is 2. The molecule has 3 rings (SSSR count). The number of aromatic amines is 1. The standard InChI is InChI=1S/C15H16N4OS3/c20-14(16-6-5-11-3-1-7-21-11)10-23-15-17-13(18-19-15)9-12-4-2-8-22-12/h1-4,7-8H,5-6,9-10H2,(H,16,20)(H,17,18,19). The number of rotatable bonds is 8. The summed E-state index contributed by atoms with van der Waals surface area (Å²) in [5, 5.41) is 14.7. The average molecular weight is 365 g/mol. The van der Waals surface area contributed by atoms with Crippen LogP contribution in [-0.4, -0.2) is 33.4 Å². The molecule has 5 nitrogen and oxygen atoms in total. The molecule has 1 amide bonds. The first-order chi connectivity index (χ1) is 11.3. The van der Waals surface area contributed by atoms with E-state index in [0.29, 0.717) is 17.5 Å². The van der Waals surface area contributed by atoms with Crippen LogP contribution in [0.5, 0.6) is 0 Å². The Morgan fingerprint density at radius 1 is 1.22 bits per heavy atom. The van der Waals surface area contributed by atoms with Crippen LogP contribution in [0, 0.1) is 0 Å². The topological polar surface area (TPSA) is 70.7 Å². The minimum absolute atomic E-state index is 0.0103. The van der Waals surface area contributed by atoms with Crippen molar-refractivity contribution in [3.8, 4) is 0 Å². The van der Waals surface area contributed by atoms with Gasteiger partial charge in [-0.3, -0.25) is 9.89 Å². The molecule has 0 radical (unpaired) electrons. The quantitative estimate of drug-likeness (QED) is 0.603. The van der Waals surface area contributed by atoms with Gasteiger partial charge >= 0.3 is 0 Å². The second kappa shape index (κ2) is 8.28. The Hall–Kier alpha value is -1.64. The highest BCUT2D eigenvalue weighted by atomic mass is 32.2. The van der Waals surface area contributed by atoms with E-state index in [1.165, 1.54) is 21.5 Å². The average Bonchev–Trinajstić information content (AvgIpc) is 3.28. The lowest BCUT2D eigenvalue weighted by Crippen LogP contribution is -2.27. The number of amides is 1. The first-order valence-corrected chi connectivity index (χ1v) is 9.89. The Kier molecular flexibility index (Phi) is 5.84. The minimum Gasteiger partial charge on any atom is -0.355 e. The number of nitrogens with zero attached hydrogens (tertiary/aromatic N) is 2. The predicted molar refractivity (Wildman–Crippen MR) is 95.3 cm³/mol. The molecule has 0 aliphatic heterocycles. The highest BCUT2D eigenvalue weighted by Gasteiger charge is 2.08. The smallest absolute Gasteiger partial charge is 0.230 e. The monoisotopic (exact) mass is 364 g/mol. The molecule has 0 aromatic carbocycles. The summed E-state index contributed by atoms with van der Waals surface area (Å²) in [4.78, 5) is 18.7. The molecule has 0 saturated heterocycles. The molecule has 0 aliphatic rings. The molecule has 0 saturated carbocycles. The lowest BCUT2D eigenvalue weighted by atomic mass is 10.3. The third kappa shape index (κ3) is 5.19. The number of hydrogen-bond acceptors (Lipinski definition) is 6. The van der Waals surface area contributed by atoms with Gasteiger partial charge in [0.15, 0.2) is 0 Å². The van der Waals surface area contributed by atoms with Crippen LogP contribution in [0.2, 0.25) is 0 Å². The van der Waals surface area contributed by atoms with Crippen molar-refractivity contribution in [3.63, 3.8) is 0 Å². The third-order valence-corrected chi connectivity index (χ3v) is 5.70. The maximum absolute atomic E-state index is 11.8. The molecule has 8 heteroatoms. The van der Waals surface area contributed by atoms with Gasteiger partial charge in [-0.1, -0.05) is 23.9 Å². The molecule has 2 N–H and O–H groups in total. The number of thiophene rings is 2. The van der Waals surface area contributed by atoms with Crippen molar-refractivity contribution in [2.45, 2.75) is 18.0 Å². The zero-order chi connectivity index (χ0) is 15.9. The summed E-state index contributed by atoms with van der Waals surface area (Å²) in [5.41, 5.74) is 0. The van der Waals surface area contributed by atoms with Gasteiger partial charge in [-0.15, -0.1) is 27.8 Å². The molecule has 0 aliphatic carbocycles. The van der Waals surface area contributed by atoms with Crippen LogP contribution < -0.4 is 5.32 Å². The van der Waals surface area contributed by atoms with Gasteiger partial charge < -0.3 is 5.32 Å². The van der Waals surface area contributed by atoms with E-state index in [4.69, 9.17) is 0 Å². The normalized spacial score (nSPS) is 10.8. The van der Waals surface area contributed by atoms with Crippen molar-refractivity contribution < 1.29 is 4.79 Å². The Labute approximate surface area is 146 Å². The van der Waals surface area contributed by atoms with E-state index < -0.39 is 0 Å². The lowest BCUT2D eigenvalue weighted by molar-refractivity contribution is -0.118. The van der Waals surface area contributed by atoms with Gasteiger partial charge in [-0.05, 0) is 29.3 Å². The SMILES string of the molecule is O=C(CSc1n[nH]c(Cc2cccs2)n1)NCCc1cccs1. The fourth-order valence-corrected chi connectivity index (χ4v) is 4.03. The van der Waals surface area contributed by atoms with Crippen molar-refractivity contribution in [2.24, 2.45) is 0 Å². The summed E-state index contributed by atoms with van der Waals surface area (Å²) in [6, 6.07) is 8.19. The van der Waals surface area contributed by atoms with E-state index in [9.17, 15) is 4.79 Å². The molecule has 0 spiro atoms. The second-order valence-electron chi connectivity index (χ2n) is 4.79. The number of nitrogens with one attached hydrogen (secondary N) is 2. The number of aromatic nitrogens is 3. The lowest BCUT2D eigenvalue weighted by Gasteiger charge is -2.02. The van der Waals surface area contributed by atoms with Gasteiger partial charge in [0.05, 0.1) is 5.75 Å². The molecule has 3 aromatic rings. The van der Waals surface area contributed by atoms with E-state index in [0.717, 1.165) is 18.7 Å². The summed E-state index contributed by atoms with van der Waals surface area (Å²) in [5.74, 6) is 1.17. The molecular weight excluding hydrogens is 348 g/mol. The van der Waals surface area contributed by atoms with Gasteiger partial charge in [0, 0.05) is 22.7 Å². The van der Waals surface area contributed by atoms with Crippen LogP contribution in [0.15, 0.2) is 40.2 Å². The van der Waals surface area contributed by atoms with Gasteiger partial charge in [0.1, 0.15) is 5.82 Å². The van der Waals surface area contributed by atoms with E-state index in [1.54, 1.807) is 22.7 Å². The van der Waals surface area contributed by atoms with Crippen molar-refractivity contribution >= 4 is 40.3 Å². The molecule has 0 unspecified atom stereocenters. The van der Waals surface area contributed by atoms with Gasteiger partial charge in [0.25, 0.3) is 0 Å². The summed E-state index contributed by atoms with van der Waals surface area (Å²) >= 11 is 4.75. The predicted octanol–water partition coefficient (Wildman–Crippen LogP) is 2.97. The Morgan fingerprint density at radius 3 is 2.74 bits per heavy atom. The minimum atomic E-state index is 0.0103. The van der Waals surface area contributed by atoms with Gasteiger partial charge in [-0.25, -0.2) is 4.98 Å². The van der Waals surface area contributed by atoms with Crippen LogP contribution in [0.4, 0.5) is 0 Å². The number of carbonyl (C=O) groups is 1. The fraction of sp³-hybridized carbons (Fsp3) is 0.267. The van der Waals surface area contributed by atoms with Crippen LogP contribution in [0.3, 0.4) is 0 Å². The molecule has 0 fully saturated rings. The Balaban J connectivity index is 1.38. The zero-order valence-corrected chi connectivity index (χ0v) is 14.8. The second-order valence-corrected chi connectivity index (χ2v) is 7.80. The molecule has 0 bridgehead atoms.